The van der Waals surface area contributed by atoms with Crippen molar-refractivity contribution in [1.29, 1.82) is 0 Å². The predicted molar refractivity (Wildman–Crippen MR) is 224 cm³/mol. The zero-order valence-corrected chi connectivity index (χ0v) is 36.2. The minimum absolute atomic E-state index is 0.0359. The zero-order valence-electron chi connectivity index (χ0n) is 36.2. The van der Waals surface area contributed by atoms with Crippen molar-refractivity contribution in [1.82, 2.24) is 20.9 Å². The Balaban J connectivity index is 0.788. The van der Waals surface area contributed by atoms with Crippen LogP contribution in [0.5, 0.6) is 5.75 Å². The van der Waals surface area contributed by atoms with E-state index in [4.69, 9.17) is 14.2 Å². The normalized spacial score (nSPS) is 37.4. The van der Waals surface area contributed by atoms with Gasteiger partial charge in [-0.15, -0.1) is 0 Å². The number of aliphatic hydroxyl groups excluding tert-OH is 2. The van der Waals surface area contributed by atoms with E-state index in [1.807, 2.05) is 13.0 Å². The molecule has 6 N–H and O–H groups in total. The molecular weight excluding hydrogens is 845 g/mol. The number of carboxylic acid groups (broad SMARTS) is 1. The lowest BCUT2D eigenvalue weighted by molar-refractivity contribution is -0.204. The number of carboxylic acids is 1. The van der Waals surface area contributed by atoms with Gasteiger partial charge in [0.05, 0.1) is 24.3 Å². The third-order valence-corrected chi connectivity index (χ3v) is 15.9. The average Bonchev–Trinajstić information content (AvgIpc) is 3.87. The van der Waals surface area contributed by atoms with E-state index >= 15 is 0 Å². The monoisotopic (exact) mass is 898 g/mol. The molecule has 9 aliphatic rings. The summed E-state index contributed by atoms with van der Waals surface area (Å²) in [6.45, 7) is 2.66. The lowest BCUT2D eigenvalue weighted by atomic mass is 9.46. The number of amides is 5. The van der Waals surface area contributed by atoms with E-state index in [-0.39, 0.29) is 49.3 Å². The molecule has 1 aromatic rings. The van der Waals surface area contributed by atoms with Gasteiger partial charge in [-0.25, -0.2) is 0 Å². The summed E-state index contributed by atoms with van der Waals surface area (Å²) >= 11 is 0. The number of ether oxygens (including phenoxy) is 3. The van der Waals surface area contributed by atoms with Crippen LogP contribution in [0.3, 0.4) is 0 Å². The van der Waals surface area contributed by atoms with Crippen molar-refractivity contribution in [3.63, 3.8) is 0 Å². The highest BCUT2D eigenvalue weighted by Gasteiger charge is 2.76. The van der Waals surface area contributed by atoms with Crippen molar-refractivity contribution < 1.29 is 67.9 Å². The van der Waals surface area contributed by atoms with Crippen LogP contribution < -0.4 is 20.7 Å². The van der Waals surface area contributed by atoms with E-state index in [0.717, 1.165) is 29.0 Å². The van der Waals surface area contributed by atoms with Crippen LogP contribution in [0.2, 0.25) is 0 Å². The van der Waals surface area contributed by atoms with Crippen molar-refractivity contribution in [2.24, 2.45) is 28.6 Å². The SMILES string of the molecule is C[C@]12C=CC(=O)C=C1CC[C@@H]1[C@@H]2[C@@H](O)C[C@@]2(C)[C@H]1C[C@H]1O[C@@H](c3ccc(OC45CC(NC(=O)[C@H](CCC(=O)O)NC(=O)CNC(=O)CCN6C(=O)C=CC6=O)(C4)C5)cc3)O[C@]12C(=O)CO. The first-order valence-corrected chi connectivity index (χ1v) is 22.4. The Morgan fingerprint density at radius 3 is 2.35 bits per heavy atom. The maximum Gasteiger partial charge on any atom is 0.303 e. The molecule has 18 heteroatoms. The number of aliphatic hydroxyl groups is 2. The molecule has 2 bridgehead atoms. The summed E-state index contributed by atoms with van der Waals surface area (Å²) < 4.78 is 19.7. The minimum Gasteiger partial charge on any atom is -0.487 e. The predicted octanol–water partition coefficient (Wildman–Crippen LogP) is 1.24. The maximum atomic E-state index is 13.9. The van der Waals surface area contributed by atoms with Crippen LogP contribution in [-0.2, 0) is 47.8 Å². The highest BCUT2D eigenvalue weighted by Crippen LogP contribution is 2.70. The molecule has 10 atom stereocenters. The first-order valence-electron chi connectivity index (χ1n) is 22.4. The second kappa shape index (κ2) is 16.1. The van der Waals surface area contributed by atoms with Crippen molar-refractivity contribution in [3.05, 3.63) is 65.8 Å². The Bertz CT molecular complexity index is 2300. The summed E-state index contributed by atoms with van der Waals surface area (Å²) in [5.74, 6) is -4.24. The van der Waals surface area contributed by atoms with Crippen molar-refractivity contribution in [2.45, 2.75) is 119 Å². The molecule has 10 rings (SSSR count). The van der Waals surface area contributed by atoms with Gasteiger partial charge in [0.2, 0.25) is 17.7 Å². The van der Waals surface area contributed by atoms with Gasteiger partial charge >= 0.3 is 5.97 Å². The number of nitrogens with one attached hydrogen (secondary N) is 3. The second-order valence-corrected chi connectivity index (χ2v) is 19.7. The topological polar surface area (TPSA) is 264 Å². The maximum absolute atomic E-state index is 13.9. The number of carbonyl (C=O) groups excluding carboxylic acids is 7. The van der Waals surface area contributed by atoms with Crippen LogP contribution in [-0.4, -0.2) is 122 Å². The quantitative estimate of drug-likeness (QED) is 0.128. The molecule has 7 fully saturated rings. The van der Waals surface area contributed by atoms with Gasteiger partial charge < -0.3 is 45.5 Å². The van der Waals surface area contributed by atoms with Gasteiger partial charge in [-0.3, -0.25) is 43.3 Å². The Kier molecular flexibility index (Phi) is 11.1. The first kappa shape index (κ1) is 44.6. The summed E-state index contributed by atoms with van der Waals surface area (Å²) in [6.07, 6.45) is 7.92. The number of nitrogens with zero attached hydrogens (tertiary/aromatic N) is 1. The number of rotatable bonds is 16. The summed E-state index contributed by atoms with van der Waals surface area (Å²) in [5, 5.41) is 39.4. The fourth-order valence-corrected chi connectivity index (χ4v) is 13.0. The third kappa shape index (κ3) is 7.42. The second-order valence-electron chi connectivity index (χ2n) is 19.7. The molecule has 7 aliphatic carbocycles. The number of ketones is 2. The van der Waals surface area contributed by atoms with Gasteiger partial charge in [0.15, 0.2) is 23.5 Å². The molecule has 2 heterocycles. The number of hydrogen-bond donors (Lipinski definition) is 6. The van der Waals surface area contributed by atoms with Crippen LogP contribution in [0.1, 0.15) is 89.9 Å². The molecule has 6 saturated carbocycles. The van der Waals surface area contributed by atoms with Crippen LogP contribution in [0.4, 0.5) is 0 Å². The summed E-state index contributed by atoms with van der Waals surface area (Å²) in [4.78, 5) is 100. The van der Waals surface area contributed by atoms with Gasteiger partial charge in [0.25, 0.3) is 11.8 Å². The molecule has 0 spiro atoms. The number of benzene rings is 1. The summed E-state index contributed by atoms with van der Waals surface area (Å²) in [6, 6.07) is 5.95. The minimum atomic E-state index is -1.48. The standard InChI is InChI=1S/C47H54N4O14/c1-43-15-13-27(53)17-26(43)5-8-29-30-18-34-47(33(55)21-52,44(30,2)19-32(54)40(29)43)65-42(63-34)25-3-6-28(7-4-25)64-46-22-45(23-46,24-46)50-41(62)31(9-12-39(60)61)49-36(57)20-48-35(56)14-16-51-37(58)10-11-38(51)59/h3-4,6-7,10-11,13,15,17,29-32,34,40,42,52,54H,5,8-9,12,14,16,18-24H2,1-2H3,(H,48,56)(H,49,57)(H,50,62)(H,60,61)/t29-,30-,31-,32-,34+,40+,42+,43-,44-,45?,46?,47+/m0/s1. The highest BCUT2D eigenvalue weighted by molar-refractivity contribution is 6.13. The molecule has 18 nitrogen and oxygen atoms in total. The Morgan fingerprint density at radius 2 is 1.68 bits per heavy atom. The van der Waals surface area contributed by atoms with E-state index in [1.165, 1.54) is 0 Å². The van der Waals surface area contributed by atoms with Crippen molar-refractivity contribution >= 4 is 47.1 Å². The van der Waals surface area contributed by atoms with Gasteiger partial charge in [-0.1, -0.05) is 37.6 Å². The lowest BCUT2D eigenvalue weighted by Crippen LogP contribution is -2.81. The molecule has 0 aromatic heterocycles. The van der Waals surface area contributed by atoms with Gasteiger partial charge in [-0.2, -0.15) is 0 Å². The Morgan fingerprint density at radius 1 is 0.969 bits per heavy atom. The molecule has 1 saturated heterocycles. The lowest BCUT2D eigenvalue weighted by Gasteiger charge is -2.69. The van der Waals surface area contributed by atoms with Crippen LogP contribution in [0, 0.1) is 28.6 Å². The zero-order chi connectivity index (χ0) is 46.3. The largest absolute Gasteiger partial charge is 0.487 e. The molecule has 1 aromatic carbocycles. The van der Waals surface area contributed by atoms with Gasteiger partial charge in [0.1, 0.15) is 24.0 Å². The smallest absolute Gasteiger partial charge is 0.303 e. The van der Waals surface area contributed by atoms with E-state index < -0.39 is 113 Å². The average molecular weight is 899 g/mol. The number of Topliss-reactive ketones (excluding diaryl/α,β-unsaturated/α-hetero) is 1. The number of fused-ring (bicyclic) bond motifs is 7. The number of carbonyl (C=O) groups is 8. The van der Waals surface area contributed by atoms with Gasteiger partial charge in [-0.05, 0) is 68.2 Å². The number of imide groups is 1. The molecule has 2 aliphatic heterocycles. The van der Waals surface area contributed by atoms with E-state index in [1.54, 1.807) is 36.4 Å². The summed E-state index contributed by atoms with van der Waals surface area (Å²) in [5.41, 5.74) is -2.28. The molecule has 65 heavy (non-hydrogen) atoms. The van der Waals surface area contributed by atoms with Gasteiger partial charge in [0, 0.05) is 73.1 Å². The first-order chi connectivity index (χ1) is 30.8. The fraction of sp³-hybridized carbons (Fsp3) is 0.574. The number of aliphatic carboxylic acids is 1. The molecule has 5 amide bonds. The molecule has 346 valence electrons. The third-order valence-electron chi connectivity index (χ3n) is 15.9. The molecule has 0 radical (unpaired) electrons. The number of hydrogen-bond acceptors (Lipinski definition) is 13. The van der Waals surface area contributed by atoms with E-state index in [0.29, 0.717) is 43.4 Å². The fourth-order valence-electron chi connectivity index (χ4n) is 13.0. The molecular formula is C47H54N4O14. The van der Waals surface area contributed by atoms with Crippen molar-refractivity contribution in [2.75, 3.05) is 19.7 Å². The van der Waals surface area contributed by atoms with E-state index in [9.17, 15) is 53.7 Å². The highest BCUT2D eigenvalue weighted by atomic mass is 16.7. The summed E-state index contributed by atoms with van der Waals surface area (Å²) in [7, 11) is 0. The molecule has 0 unspecified atom stereocenters. The number of allylic oxidation sites excluding steroid dienone is 4. The van der Waals surface area contributed by atoms with E-state index in [2.05, 4.69) is 22.9 Å². The van der Waals surface area contributed by atoms with Crippen LogP contribution in [0.25, 0.3) is 0 Å². The Labute approximate surface area is 374 Å². The Hall–Kier alpha value is -5.56. The van der Waals surface area contributed by atoms with Crippen molar-refractivity contribution in [3.8, 4) is 5.75 Å². The van der Waals surface area contributed by atoms with Crippen LogP contribution >= 0.6 is 0 Å². The van der Waals surface area contributed by atoms with Crippen LogP contribution in [0.15, 0.2) is 60.2 Å².